The largest absolute Gasteiger partial charge is 0.394 e. The summed E-state index contributed by atoms with van der Waals surface area (Å²) in [5.74, 6) is 2.38. The summed E-state index contributed by atoms with van der Waals surface area (Å²) in [6.07, 6.45) is 0.857. The monoisotopic (exact) mass is 238 g/mol. The molecule has 0 radical (unpaired) electrons. The van der Waals surface area contributed by atoms with Crippen molar-refractivity contribution in [2.75, 3.05) is 23.8 Å². The maximum Gasteiger partial charge on any atom is 0.135 e. The topological polar surface area (TPSA) is 70.1 Å². The number of anilines is 2. The molecule has 0 saturated heterocycles. The predicted octanol–water partition coefficient (Wildman–Crippen LogP) is 1.71. The molecule has 5 heteroatoms. The molecule has 0 aliphatic heterocycles. The van der Waals surface area contributed by atoms with Crippen LogP contribution >= 0.6 is 0 Å². The van der Waals surface area contributed by atoms with Crippen molar-refractivity contribution >= 4 is 11.6 Å². The highest BCUT2D eigenvalue weighted by Crippen LogP contribution is 2.20. The van der Waals surface area contributed by atoms with Gasteiger partial charge in [0.05, 0.1) is 12.6 Å². The summed E-state index contributed by atoms with van der Waals surface area (Å²) in [6.45, 7) is 8.84. The van der Waals surface area contributed by atoms with Gasteiger partial charge in [-0.2, -0.15) is 0 Å². The van der Waals surface area contributed by atoms with Crippen molar-refractivity contribution in [2.45, 2.75) is 40.2 Å². The van der Waals surface area contributed by atoms with E-state index in [1.165, 1.54) is 0 Å². The first-order valence-electron chi connectivity index (χ1n) is 6.08. The summed E-state index contributed by atoms with van der Waals surface area (Å²) >= 11 is 0. The average molecular weight is 238 g/mol. The molecule has 0 aliphatic carbocycles. The molecule has 5 nitrogen and oxygen atoms in total. The molecular formula is C12H22N4O. The van der Waals surface area contributed by atoms with Gasteiger partial charge in [-0.05, 0) is 27.2 Å². The van der Waals surface area contributed by atoms with Crippen molar-refractivity contribution < 1.29 is 5.11 Å². The maximum atomic E-state index is 9.20. The van der Waals surface area contributed by atoms with E-state index in [4.69, 9.17) is 0 Å². The first-order valence-corrected chi connectivity index (χ1v) is 6.08. The molecular weight excluding hydrogens is 216 g/mol. The second-order valence-electron chi connectivity index (χ2n) is 4.06. The van der Waals surface area contributed by atoms with Crippen LogP contribution in [0.25, 0.3) is 0 Å². The SMILES string of the molecule is CCNc1nc(C)nc(NC(CC)CO)c1C. The number of hydrogen-bond donors (Lipinski definition) is 3. The van der Waals surface area contributed by atoms with Crippen molar-refractivity contribution in [1.29, 1.82) is 0 Å². The number of hydrogen-bond acceptors (Lipinski definition) is 5. The Morgan fingerprint density at radius 1 is 1.18 bits per heavy atom. The van der Waals surface area contributed by atoms with E-state index in [0.717, 1.165) is 36.0 Å². The van der Waals surface area contributed by atoms with Gasteiger partial charge < -0.3 is 15.7 Å². The number of aryl methyl sites for hydroxylation is 1. The van der Waals surface area contributed by atoms with Gasteiger partial charge in [-0.1, -0.05) is 6.92 Å². The molecule has 0 bridgehead atoms. The van der Waals surface area contributed by atoms with Gasteiger partial charge in [-0.3, -0.25) is 0 Å². The third-order valence-electron chi connectivity index (χ3n) is 2.66. The lowest BCUT2D eigenvalue weighted by atomic mass is 10.2. The summed E-state index contributed by atoms with van der Waals surface area (Å²) in [5, 5.41) is 15.7. The normalized spacial score (nSPS) is 12.3. The van der Waals surface area contributed by atoms with Gasteiger partial charge in [-0.25, -0.2) is 9.97 Å². The van der Waals surface area contributed by atoms with Gasteiger partial charge >= 0.3 is 0 Å². The third-order valence-corrected chi connectivity index (χ3v) is 2.66. The first-order chi connectivity index (χ1) is 8.12. The van der Waals surface area contributed by atoms with E-state index >= 15 is 0 Å². The maximum absolute atomic E-state index is 9.20. The molecule has 17 heavy (non-hydrogen) atoms. The number of rotatable bonds is 6. The molecule has 1 unspecified atom stereocenters. The highest BCUT2D eigenvalue weighted by atomic mass is 16.3. The van der Waals surface area contributed by atoms with E-state index in [-0.39, 0.29) is 12.6 Å². The molecule has 1 atom stereocenters. The van der Waals surface area contributed by atoms with Crippen LogP contribution in [0.1, 0.15) is 31.7 Å². The van der Waals surface area contributed by atoms with E-state index in [1.807, 2.05) is 27.7 Å². The molecule has 0 amide bonds. The lowest BCUT2D eigenvalue weighted by Crippen LogP contribution is -2.24. The Morgan fingerprint density at radius 3 is 2.35 bits per heavy atom. The molecule has 1 aromatic rings. The minimum Gasteiger partial charge on any atom is -0.394 e. The van der Waals surface area contributed by atoms with Crippen LogP contribution in [-0.2, 0) is 0 Å². The smallest absolute Gasteiger partial charge is 0.135 e. The molecule has 0 aromatic carbocycles. The fraction of sp³-hybridized carbons (Fsp3) is 0.667. The van der Waals surface area contributed by atoms with Crippen LogP contribution in [0.5, 0.6) is 0 Å². The summed E-state index contributed by atoms with van der Waals surface area (Å²) in [6, 6.07) is 0.0393. The minimum atomic E-state index is 0.0393. The Bertz CT molecular complexity index is 364. The zero-order valence-electron chi connectivity index (χ0n) is 11.0. The molecule has 0 saturated carbocycles. The van der Waals surface area contributed by atoms with Crippen LogP contribution in [0, 0.1) is 13.8 Å². The van der Waals surface area contributed by atoms with Crippen molar-refractivity contribution in [2.24, 2.45) is 0 Å². The number of nitrogens with one attached hydrogen (secondary N) is 2. The quantitative estimate of drug-likeness (QED) is 0.704. The summed E-state index contributed by atoms with van der Waals surface area (Å²) in [4.78, 5) is 8.74. The number of nitrogens with zero attached hydrogens (tertiary/aromatic N) is 2. The van der Waals surface area contributed by atoms with Crippen molar-refractivity contribution in [1.82, 2.24) is 9.97 Å². The Morgan fingerprint density at radius 2 is 1.82 bits per heavy atom. The van der Waals surface area contributed by atoms with E-state index in [1.54, 1.807) is 0 Å². The molecule has 3 N–H and O–H groups in total. The summed E-state index contributed by atoms with van der Waals surface area (Å²) < 4.78 is 0. The minimum absolute atomic E-state index is 0.0393. The van der Waals surface area contributed by atoms with Crippen molar-refractivity contribution in [3.8, 4) is 0 Å². The first kappa shape index (κ1) is 13.7. The van der Waals surface area contributed by atoms with Crippen LogP contribution in [0.15, 0.2) is 0 Å². The van der Waals surface area contributed by atoms with Crippen LogP contribution in [-0.4, -0.2) is 34.3 Å². The lowest BCUT2D eigenvalue weighted by Gasteiger charge is -2.18. The van der Waals surface area contributed by atoms with Crippen molar-refractivity contribution in [3.63, 3.8) is 0 Å². The fourth-order valence-electron chi connectivity index (χ4n) is 1.58. The molecule has 1 rings (SSSR count). The average Bonchev–Trinajstić information content (AvgIpc) is 2.31. The van der Waals surface area contributed by atoms with Gasteiger partial charge in [0.15, 0.2) is 0 Å². The van der Waals surface area contributed by atoms with Crippen LogP contribution in [0.3, 0.4) is 0 Å². The number of aliphatic hydroxyl groups is 1. The zero-order valence-corrected chi connectivity index (χ0v) is 11.0. The standard InChI is InChI=1S/C12H22N4O/c1-5-10(7-17)16-12-8(3)11(13-6-2)14-9(4)15-12/h10,17H,5-7H2,1-4H3,(H2,13,14,15,16). The second-order valence-corrected chi connectivity index (χ2v) is 4.06. The van der Waals surface area contributed by atoms with Gasteiger partial charge in [-0.15, -0.1) is 0 Å². The molecule has 1 heterocycles. The highest BCUT2D eigenvalue weighted by Gasteiger charge is 2.11. The van der Waals surface area contributed by atoms with Gasteiger partial charge in [0, 0.05) is 12.1 Å². The summed E-state index contributed by atoms with van der Waals surface area (Å²) in [7, 11) is 0. The number of aromatic nitrogens is 2. The Kier molecular flexibility index (Phi) is 5.15. The summed E-state index contributed by atoms with van der Waals surface area (Å²) in [5.41, 5.74) is 0.990. The van der Waals surface area contributed by atoms with Gasteiger partial charge in [0.1, 0.15) is 17.5 Å². The Labute approximate surface area is 103 Å². The third kappa shape index (κ3) is 3.56. The predicted molar refractivity (Wildman–Crippen MR) is 70.5 cm³/mol. The van der Waals surface area contributed by atoms with Crippen LogP contribution in [0.4, 0.5) is 11.6 Å². The highest BCUT2D eigenvalue weighted by molar-refractivity contribution is 5.57. The van der Waals surface area contributed by atoms with Crippen LogP contribution < -0.4 is 10.6 Å². The Balaban J connectivity index is 2.98. The lowest BCUT2D eigenvalue weighted by molar-refractivity contribution is 0.271. The fourth-order valence-corrected chi connectivity index (χ4v) is 1.58. The molecule has 96 valence electrons. The second kappa shape index (κ2) is 6.39. The number of aliphatic hydroxyl groups excluding tert-OH is 1. The Hall–Kier alpha value is -1.36. The van der Waals surface area contributed by atoms with E-state index < -0.39 is 0 Å². The molecule has 0 spiro atoms. The van der Waals surface area contributed by atoms with Crippen LogP contribution in [0.2, 0.25) is 0 Å². The van der Waals surface area contributed by atoms with Gasteiger partial charge in [0.2, 0.25) is 0 Å². The zero-order chi connectivity index (χ0) is 12.8. The van der Waals surface area contributed by atoms with E-state index in [2.05, 4.69) is 20.6 Å². The van der Waals surface area contributed by atoms with E-state index in [9.17, 15) is 5.11 Å². The molecule has 0 fully saturated rings. The van der Waals surface area contributed by atoms with E-state index in [0.29, 0.717) is 0 Å². The van der Waals surface area contributed by atoms with Crippen molar-refractivity contribution in [3.05, 3.63) is 11.4 Å². The molecule has 0 aliphatic rings. The molecule has 1 aromatic heterocycles. The van der Waals surface area contributed by atoms with Gasteiger partial charge in [0.25, 0.3) is 0 Å².